The average molecular weight is 457 g/mol. The summed E-state index contributed by atoms with van der Waals surface area (Å²) in [5.74, 6) is 0. The third kappa shape index (κ3) is 3.42. The molecule has 9 nitrogen and oxygen atoms in total. The van der Waals surface area contributed by atoms with Gasteiger partial charge in [0.05, 0.1) is 23.6 Å². The van der Waals surface area contributed by atoms with Crippen molar-refractivity contribution in [2.75, 3.05) is 0 Å². The zero-order valence-electron chi connectivity index (χ0n) is 17.3. The Labute approximate surface area is 192 Å². The van der Waals surface area contributed by atoms with E-state index in [-0.39, 0.29) is 11.6 Å². The first-order valence-corrected chi connectivity index (χ1v) is 10.8. The van der Waals surface area contributed by atoms with Crippen LogP contribution < -0.4 is 5.56 Å². The molecule has 0 saturated carbocycles. The molecule has 2 aromatic carbocycles. The molecule has 0 N–H and O–H groups in total. The average Bonchev–Trinajstić information content (AvgIpc) is 3.60. The highest BCUT2D eigenvalue weighted by Crippen LogP contribution is 2.34. The predicted molar refractivity (Wildman–Crippen MR) is 122 cm³/mol. The van der Waals surface area contributed by atoms with Crippen LogP contribution in [0.15, 0.2) is 78.0 Å². The Hall–Kier alpha value is -4.11. The number of fused-ring (bicyclic) bond motifs is 1. The summed E-state index contributed by atoms with van der Waals surface area (Å²) >= 11 is 6.28. The quantitative estimate of drug-likeness (QED) is 0.412. The number of hydrogen-bond acceptors (Lipinski definition) is 6. The second-order valence-corrected chi connectivity index (χ2v) is 8.27. The molecule has 0 amide bonds. The van der Waals surface area contributed by atoms with E-state index in [2.05, 4.69) is 25.8 Å². The van der Waals surface area contributed by atoms with Gasteiger partial charge in [-0.15, -0.1) is 10.2 Å². The topological polar surface area (TPSA) is 96.3 Å². The molecular formula is C23H17ClN8O. The van der Waals surface area contributed by atoms with E-state index in [1.807, 2.05) is 59.3 Å². The summed E-state index contributed by atoms with van der Waals surface area (Å²) in [5, 5.41) is 20.6. The standard InChI is InChI=1S/C23H17ClN8O/c24-16-6-8-21(31-14-25-27-29-31)19(12-16)15-10-18-7-9-22(32(18)23(33)11-15)20-13-30(28-26-20)17-4-2-1-3-5-17/h1-6,8,10-14,22H,7,9H2. The second-order valence-electron chi connectivity index (χ2n) is 7.84. The van der Waals surface area contributed by atoms with Crippen molar-refractivity contribution in [2.45, 2.75) is 18.9 Å². The van der Waals surface area contributed by atoms with Crippen molar-refractivity contribution in [1.29, 1.82) is 0 Å². The van der Waals surface area contributed by atoms with Crippen LogP contribution in [0.1, 0.15) is 23.9 Å². The number of aromatic nitrogens is 8. The number of pyridine rings is 1. The van der Waals surface area contributed by atoms with Gasteiger partial charge in [0.25, 0.3) is 5.56 Å². The molecule has 3 aromatic heterocycles. The van der Waals surface area contributed by atoms with Gasteiger partial charge in [-0.3, -0.25) is 4.79 Å². The molecule has 0 aliphatic carbocycles. The molecule has 4 heterocycles. The molecule has 0 bridgehead atoms. The summed E-state index contributed by atoms with van der Waals surface area (Å²) in [6, 6.07) is 18.7. The van der Waals surface area contributed by atoms with Crippen LogP contribution in [0.25, 0.3) is 22.5 Å². The Morgan fingerprint density at radius 2 is 1.85 bits per heavy atom. The zero-order valence-corrected chi connectivity index (χ0v) is 18.0. The van der Waals surface area contributed by atoms with Gasteiger partial charge >= 0.3 is 0 Å². The second kappa shape index (κ2) is 7.79. The summed E-state index contributed by atoms with van der Waals surface area (Å²) in [6.07, 6.45) is 4.94. The Bertz CT molecular complexity index is 1510. The van der Waals surface area contributed by atoms with Gasteiger partial charge in [0.1, 0.15) is 12.0 Å². The van der Waals surface area contributed by atoms with E-state index >= 15 is 0 Å². The number of aryl methyl sites for hydroxylation is 1. The summed E-state index contributed by atoms with van der Waals surface area (Å²) in [4.78, 5) is 13.3. The lowest BCUT2D eigenvalue weighted by molar-refractivity contribution is 0.583. The summed E-state index contributed by atoms with van der Waals surface area (Å²) in [7, 11) is 0. The molecule has 10 heteroatoms. The van der Waals surface area contributed by atoms with E-state index in [1.54, 1.807) is 21.5 Å². The highest BCUT2D eigenvalue weighted by atomic mass is 35.5. The highest BCUT2D eigenvalue weighted by molar-refractivity contribution is 6.31. The largest absolute Gasteiger partial charge is 0.303 e. The normalized spacial score (nSPS) is 15.0. The maximum absolute atomic E-state index is 13.3. The van der Waals surface area contributed by atoms with Gasteiger partial charge in [-0.25, -0.2) is 4.68 Å². The van der Waals surface area contributed by atoms with Crippen molar-refractivity contribution in [2.24, 2.45) is 0 Å². The number of benzene rings is 2. The van der Waals surface area contributed by atoms with Crippen LogP contribution in [0.5, 0.6) is 0 Å². The molecule has 1 atom stereocenters. The number of nitrogens with zero attached hydrogens (tertiary/aromatic N) is 8. The SMILES string of the molecule is O=c1cc(-c2cc(Cl)ccc2-n2cnnn2)cc2n1C(c1cn(-c3ccccc3)nn1)CC2. The minimum atomic E-state index is -0.155. The number of hydrogen-bond donors (Lipinski definition) is 0. The lowest BCUT2D eigenvalue weighted by Gasteiger charge is -2.14. The van der Waals surface area contributed by atoms with Crippen molar-refractivity contribution in [3.05, 3.63) is 100.0 Å². The Morgan fingerprint density at radius 1 is 0.970 bits per heavy atom. The Balaban J connectivity index is 1.40. The summed E-state index contributed by atoms with van der Waals surface area (Å²) < 4.78 is 5.10. The monoisotopic (exact) mass is 456 g/mol. The number of para-hydroxylation sites is 1. The summed E-state index contributed by atoms with van der Waals surface area (Å²) in [5.41, 5.74) is 4.84. The van der Waals surface area contributed by atoms with E-state index in [0.29, 0.717) is 5.02 Å². The van der Waals surface area contributed by atoms with E-state index in [1.165, 1.54) is 6.33 Å². The minimum absolute atomic E-state index is 0.0955. The number of tetrazole rings is 1. The summed E-state index contributed by atoms with van der Waals surface area (Å²) in [6.45, 7) is 0. The van der Waals surface area contributed by atoms with Crippen LogP contribution in [0.3, 0.4) is 0 Å². The van der Waals surface area contributed by atoms with Crippen molar-refractivity contribution in [1.82, 2.24) is 39.8 Å². The van der Waals surface area contributed by atoms with Crippen molar-refractivity contribution in [3.8, 4) is 22.5 Å². The van der Waals surface area contributed by atoms with Crippen molar-refractivity contribution in [3.63, 3.8) is 0 Å². The number of rotatable bonds is 4. The maximum Gasteiger partial charge on any atom is 0.251 e. The fraction of sp³-hybridized carbons (Fsp3) is 0.130. The molecule has 0 radical (unpaired) electrons. The first-order chi connectivity index (χ1) is 16.2. The van der Waals surface area contributed by atoms with Gasteiger partial charge in [0.2, 0.25) is 0 Å². The molecule has 162 valence electrons. The molecule has 0 spiro atoms. The third-order valence-electron chi connectivity index (χ3n) is 5.87. The van der Waals surface area contributed by atoms with E-state index in [0.717, 1.165) is 46.7 Å². The zero-order chi connectivity index (χ0) is 22.4. The van der Waals surface area contributed by atoms with Crippen LogP contribution in [0.2, 0.25) is 5.02 Å². The van der Waals surface area contributed by atoms with Gasteiger partial charge in [0, 0.05) is 22.3 Å². The highest BCUT2D eigenvalue weighted by Gasteiger charge is 2.28. The Morgan fingerprint density at radius 3 is 2.67 bits per heavy atom. The molecule has 6 rings (SSSR count). The molecule has 0 saturated heterocycles. The van der Waals surface area contributed by atoms with Crippen LogP contribution in [0, 0.1) is 0 Å². The van der Waals surface area contributed by atoms with E-state index in [9.17, 15) is 4.79 Å². The van der Waals surface area contributed by atoms with Gasteiger partial charge in [0.15, 0.2) is 0 Å². The molecular weight excluding hydrogens is 440 g/mol. The van der Waals surface area contributed by atoms with Crippen LogP contribution in [-0.2, 0) is 6.42 Å². The van der Waals surface area contributed by atoms with E-state index in [4.69, 9.17) is 11.6 Å². The molecule has 1 aliphatic rings. The molecule has 33 heavy (non-hydrogen) atoms. The fourth-order valence-corrected chi connectivity index (χ4v) is 4.55. The fourth-order valence-electron chi connectivity index (χ4n) is 4.38. The van der Waals surface area contributed by atoms with Gasteiger partial charge in [-0.2, -0.15) is 4.68 Å². The third-order valence-corrected chi connectivity index (χ3v) is 6.11. The van der Waals surface area contributed by atoms with Crippen molar-refractivity contribution >= 4 is 11.6 Å². The minimum Gasteiger partial charge on any atom is -0.303 e. The lowest BCUT2D eigenvalue weighted by atomic mass is 10.0. The van der Waals surface area contributed by atoms with E-state index < -0.39 is 0 Å². The molecule has 1 unspecified atom stereocenters. The van der Waals surface area contributed by atoms with Crippen LogP contribution in [-0.4, -0.2) is 39.8 Å². The Kier molecular flexibility index (Phi) is 4.62. The first kappa shape index (κ1) is 19.6. The predicted octanol–water partition coefficient (Wildman–Crippen LogP) is 3.26. The first-order valence-electron chi connectivity index (χ1n) is 10.4. The van der Waals surface area contributed by atoms with Gasteiger partial charge in [-0.05, 0) is 65.2 Å². The van der Waals surface area contributed by atoms with Crippen LogP contribution >= 0.6 is 11.6 Å². The maximum atomic E-state index is 13.3. The molecule has 1 aliphatic heterocycles. The molecule has 0 fully saturated rings. The van der Waals surface area contributed by atoms with Crippen molar-refractivity contribution < 1.29 is 0 Å². The number of halogens is 1. The molecule has 5 aromatic rings. The lowest BCUT2D eigenvalue weighted by Crippen LogP contribution is -2.23. The van der Waals surface area contributed by atoms with Gasteiger partial charge in [-0.1, -0.05) is 35.0 Å². The van der Waals surface area contributed by atoms with Gasteiger partial charge < -0.3 is 4.57 Å². The smallest absolute Gasteiger partial charge is 0.251 e. The van der Waals surface area contributed by atoms with Crippen LogP contribution in [0.4, 0.5) is 0 Å².